The van der Waals surface area contributed by atoms with Crippen molar-refractivity contribution in [1.82, 2.24) is 4.31 Å². The van der Waals surface area contributed by atoms with Crippen molar-refractivity contribution in [3.05, 3.63) is 29.8 Å². The number of ether oxygens (including phenoxy) is 1. The number of hydrogen-bond donors (Lipinski definition) is 1. The van der Waals surface area contributed by atoms with Crippen LogP contribution in [-0.2, 0) is 14.8 Å². The molecule has 0 radical (unpaired) electrons. The van der Waals surface area contributed by atoms with Crippen molar-refractivity contribution in [1.29, 1.82) is 0 Å². The Kier molecular flexibility index (Phi) is 5.32. The van der Waals surface area contributed by atoms with E-state index in [0.717, 1.165) is 12.8 Å². The van der Waals surface area contributed by atoms with Gasteiger partial charge in [0.25, 0.3) is 0 Å². The van der Waals surface area contributed by atoms with Gasteiger partial charge in [-0.25, -0.2) is 8.42 Å². The lowest BCUT2D eigenvalue weighted by atomic mass is 10.0. The van der Waals surface area contributed by atoms with Crippen molar-refractivity contribution >= 4 is 27.2 Å². The molecule has 0 aromatic heterocycles. The fourth-order valence-electron chi connectivity index (χ4n) is 2.56. The van der Waals surface area contributed by atoms with Gasteiger partial charge >= 0.3 is 0 Å². The van der Waals surface area contributed by atoms with Crippen LogP contribution < -0.4 is 5.73 Å². The standard InChI is InChI=1S/C14H20N2O3S2/c1-19-10-11-3-2-8-16(9-11)21(17,18)13-6-4-12(5-7-13)14(15)20/h4-7,11H,2-3,8-10H2,1H3,(H2,15,20). The first kappa shape index (κ1) is 16.4. The summed E-state index contributed by atoms with van der Waals surface area (Å²) in [6, 6.07) is 6.41. The van der Waals surface area contributed by atoms with Crippen LogP contribution in [0, 0.1) is 5.92 Å². The topological polar surface area (TPSA) is 72.6 Å². The Morgan fingerprint density at radius 1 is 1.43 bits per heavy atom. The molecular weight excluding hydrogens is 308 g/mol. The fraction of sp³-hybridized carbons (Fsp3) is 0.500. The maximum atomic E-state index is 12.6. The molecule has 1 unspecified atom stereocenters. The molecule has 2 N–H and O–H groups in total. The first-order valence-corrected chi connectivity index (χ1v) is 8.69. The molecule has 0 spiro atoms. The van der Waals surface area contributed by atoms with Crippen LogP contribution in [0.15, 0.2) is 29.2 Å². The molecule has 0 saturated carbocycles. The maximum absolute atomic E-state index is 12.6. The summed E-state index contributed by atoms with van der Waals surface area (Å²) in [5.74, 6) is 0.259. The number of piperidine rings is 1. The second-order valence-electron chi connectivity index (χ2n) is 5.22. The number of nitrogens with zero attached hydrogens (tertiary/aromatic N) is 1. The largest absolute Gasteiger partial charge is 0.389 e. The van der Waals surface area contributed by atoms with Crippen LogP contribution in [0.25, 0.3) is 0 Å². The highest BCUT2D eigenvalue weighted by atomic mass is 32.2. The minimum atomic E-state index is -3.46. The zero-order valence-electron chi connectivity index (χ0n) is 12.0. The third kappa shape index (κ3) is 3.79. The van der Waals surface area contributed by atoms with Crippen LogP contribution in [0.2, 0.25) is 0 Å². The highest BCUT2D eigenvalue weighted by Crippen LogP contribution is 2.24. The molecule has 1 aliphatic heterocycles. The number of sulfonamides is 1. The van der Waals surface area contributed by atoms with Crippen molar-refractivity contribution in [2.24, 2.45) is 11.7 Å². The molecule has 1 saturated heterocycles. The van der Waals surface area contributed by atoms with Crippen molar-refractivity contribution in [2.75, 3.05) is 26.8 Å². The summed E-state index contributed by atoms with van der Waals surface area (Å²) < 4.78 is 32.0. The van der Waals surface area contributed by atoms with Crippen LogP contribution in [0.4, 0.5) is 0 Å². The normalized spacial score (nSPS) is 20.3. The quantitative estimate of drug-likeness (QED) is 0.827. The van der Waals surface area contributed by atoms with E-state index in [-0.39, 0.29) is 15.8 Å². The van der Waals surface area contributed by atoms with Crippen LogP contribution in [0.1, 0.15) is 18.4 Å². The lowest BCUT2D eigenvalue weighted by molar-refractivity contribution is 0.118. The summed E-state index contributed by atoms with van der Waals surface area (Å²) in [5, 5.41) is 0. The van der Waals surface area contributed by atoms with Gasteiger partial charge in [0.05, 0.1) is 11.5 Å². The van der Waals surface area contributed by atoms with Gasteiger partial charge in [-0.15, -0.1) is 0 Å². The van der Waals surface area contributed by atoms with E-state index in [0.29, 0.717) is 25.3 Å². The molecule has 1 fully saturated rings. The molecule has 1 aliphatic rings. The number of rotatable bonds is 5. The molecule has 7 heteroatoms. The van der Waals surface area contributed by atoms with Crippen LogP contribution >= 0.6 is 12.2 Å². The molecule has 116 valence electrons. The Balaban J connectivity index is 2.18. The summed E-state index contributed by atoms with van der Waals surface area (Å²) in [7, 11) is -1.82. The van der Waals surface area contributed by atoms with Crippen molar-refractivity contribution in [3.63, 3.8) is 0 Å². The Morgan fingerprint density at radius 2 is 2.10 bits per heavy atom. The highest BCUT2D eigenvalue weighted by molar-refractivity contribution is 7.89. The molecule has 0 aliphatic carbocycles. The van der Waals surface area contributed by atoms with Gasteiger partial charge in [0, 0.05) is 25.8 Å². The van der Waals surface area contributed by atoms with E-state index in [9.17, 15) is 8.42 Å². The lowest BCUT2D eigenvalue weighted by Crippen LogP contribution is -2.41. The molecule has 1 atom stereocenters. The number of methoxy groups -OCH3 is 1. The number of hydrogen-bond acceptors (Lipinski definition) is 4. The minimum Gasteiger partial charge on any atom is -0.389 e. The Morgan fingerprint density at radius 3 is 2.67 bits per heavy atom. The highest BCUT2D eigenvalue weighted by Gasteiger charge is 2.30. The lowest BCUT2D eigenvalue weighted by Gasteiger charge is -2.31. The first-order chi connectivity index (χ1) is 9.95. The predicted octanol–water partition coefficient (Wildman–Crippen LogP) is 1.37. The van der Waals surface area contributed by atoms with E-state index in [2.05, 4.69) is 0 Å². The van der Waals surface area contributed by atoms with Crippen molar-refractivity contribution in [2.45, 2.75) is 17.7 Å². The van der Waals surface area contributed by atoms with Crippen LogP contribution in [-0.4, -0.2) is 44.5 Å². The molecule has 1 aromatic carbocycles. The molecule has 0 amide bonds. The van der Waals surface area contributed by atoms with Gasteiger partial charge in [0.1, 0.15) is 4.99 Å². The molecule has 1 heterocycles. The number of nitrogens with two attached hydrogens (primary N) is 1. The fourth-order valence-corrected chi connectivity index (χ4v) is 4.25. The van der Waals surface area contributed by atoms with E-state index in [4.69, 9.17) is 22.7 Å². The minimum absolute atomic E-state index is 0.259. The third-order valence-electron chi connectivity index (χ3n) is 3.66. The molecule has 1 aromatic rings. The average molecular weight is 328 g/mol. The van der Waals surface area contributed by atoms with Gasteiger partial charge in [-0.2, -0.15) is 4.31 Å². The van der Waals surface area contributed by atoms with Crippen molar-refractivity contribution in [3.8, 4) is 0 Å². The summed E-state index contributed by atoms with van der Waals surface area (Å²) >= 11 is 4.87. The Hall–Kier alpha value is -1.02. The van der Waals surface area contributed by atoms with Gasteiger partial charge < -0.3 is 10.5 Å². The van der Waals surface area contributed by atoms with Gasteiger partial charge in [0.15, 0.2) is 0 Å². The molecule has 5 nitrogen and oxygen atoms in total. The number of thiocarbonyl (C=S) groups is 1. The average Bonchev–Trinajstić information content (AvgIpc) is 2.48. The van der Waals surface area contributed by atoms with E-state index >= 15 is 0 Å². The van der Waals surface area contributed by atoms with Crippen molar-refractivity contribution < 1.29 is 13.2 Å². The second-order valence-corrected chi connectivity index (χ2v) is 7.59. The van der Waals surface area contributed by atoms with Gasteiger partial charge in [-0.3, -0.25) is 0 Å². The molecule has 2 rings (SSSR count). The monoisotopic (exact) mass is 328 g/mol. The van der Waals surface area contributed by atoms with Gasteiger partial charge in [-0.05, 0) is 30.9 Å². The SMILES string of the molecule is COCC1CCCN(S(=O)(=O)c2ccc(C(N)=S)cc2)C1. The maximum Gasteiger partial charge on any atom is 0.243 e. The smallest absolute Gasteiger partial charge is 0.243 e. The Labute approximate surface area is 131 Å². The van der Waals surface area contributed by atoms with Crippen LogP contribution in [0.3, 0.4) is 0 Å². The summed E-state index contributed by atoms with van der Waals surface area (Å²) in [6.07, 6.45) is 1.86. The molecular formula is C14H20N2O3S2. The zero-order chi connectivity index (χ0) is 15.5. The van der Waals surface area contributed by atoms with Gasteiger partial charge in [0.2, 0.25) is 10.0 Å². The summed E-state index contributed by atoms with van der Waals surface area (Å²) in [5.41, 5.74) is 6.19. The van der Waals surface area contributed by atoms with Gasteiger partial charge in [-0.1, -0.05) is 24.4 Å². The zero-order valence-corrected chi connectivity index (χ0v) is 13.6. The Bertz CT molecular complexity index is 597. The van der Waals surface area contributed by atoms with E-state index in [1.54, 1.807) is 31.4 Å². The number of benzene rings is 1. The van der Waals surface area contributed by atoms with E-state index in [1.807, 2.05) is 0 Å². The second kappa shape index (κ2) is 6.83. The predicted molar refractivity (Wildman–Crippen MR) is 85.7 cm³/mol. The molecule has 21 heavy (non-hydrogen) atoms. The third-order valence-corrected chi connectivity index (χ3v) is 5.78. The molecule has 0 bridgehead atoms. The summed E-state index contributed by atoms with van der Waals surface area (Å²) in [6.45, 7) is 1.65. The van der Waals surface area contributed by atoms with E-state index in [1.165, 1.54) is 4.31 Å². The summed E-state index contributed by atoms with van der Waals surface area (Å²) in [4.78, 5) is 0.539. The first-order valence-electron chi connectivity index (χ1n) is 6.84. The van der Waals surface area contributed by atoms with E-state index < -0.39 is 10.0 Å². The van der Waals surface area contributed by atoms with Crippen LogP contribution in [0.5, 0.6) is 0 Å².